The Bertz CT molecular complexity index is 1570. The van der Waals surface area contributed by atoms with E-state index >= 15 is 4.39 Å². The third kappa shape index (κ3) is 4.96. The number of benzene rings is 1. The Balaban J connectivity index is 1.47. The number of methoxy groups -OCH3 is 1. The Morgan fingerprint density at radius 1 is 1.17 bits per heavy atom. The van der Waals surface area contributed by atoms with Gasteiger partial charge in [0.1, 0.15) is 23.0 Å². The zero-order valence-electron chi connectivity index (χ0n) is 23.6. The zero-order valence-corrected chi connectivity index (χ0v) is 23.6. The summed E-state index contributed by atoms with van der Waals surface area (Å²) in [5, 5.41) is 10.7. The van der Waals surface area contributed by atoms with Crippen LogP contribution in [0.4, 0.5) is 8.78 Å². The molecule has 6 rings (SSSR count). The molecule has 2 aromatic rings. The number of carbonyl (C=O) groups excluding carboxylic acids is 2. The molecule has 0 unspecified atom stereocenters. The normalized spacial score (nSPS) is 19.2. The predicted octanol–water partition coefficient (Wildman–Crippen LogP) is 6.02. The fourth-order valence-electron chi connectivity index (χ4n) is 6.08. The second-order valence-corrected chi connectivity index (χ2v) is 11.4. The number of carbonyl (C=O) groups is 2. The van der Waals surface area contributed by atoms with Gasteiger partial charge in [-0.15, -0.1) is 0 Å². The van der Waals surface area contributed by atoms with Gasteiger partial charge in [0.15, 0.2) is 11.6 Å². The molecule has 0 spiro atoms. The summed E-state index contributed by atoms with van der Waals surface area (Å²) in [5.74, 6) is -0.399. The van der Waals surface area contributed by atoms with Gasteiger partial charge in [0, 0.05) is 23.7 Å². The van der Waals surface area contributed by atoms with Gasteiger partial charge in [-0.25, -0.2) is 13.5 Å². The van der Waals surface area contributed by atoms with Crippen LogP contribution >= 0.6 is 0 Å². The Labute approximate surface area is 238 Å². The molecule has 41 heavy (non-hydrogen) atoms. The van der Waals surface area contributed by atoms with E-state index in [1.165, 1.54) is 17.9 Å². The van der Waals surface area contributed by atoms with Gasteiger partial charge < -0.3 is 15.4 Å². The highest BCUT2D eigenvalue weighted by atomic mass is 19.1. The van der Waals surface area contributed by atoms with Crippen LogP contribution in [0, 0.1) is 12.8 Å². The number of aryl methyl sites for hydroxylation is 1. The highest BCUT2D eigenvalue weighted by Crippen LogP contribution is 2.54. The van der Waals surface area contributed by atoms with E-state index in [-0.39, 0.29) is 53.7 Å². The van der Waals surface area contributed by atoms with E-state index in [9.17, 15) is 14.0 Å². The number of hydrogen-bond acceptors (Lipinski definition) is 5. The lowest BCUT2D eigenvalue weighted by molar-refractivity contribution is 0.0921. The number of amides is 1. The lowest BCUT2D eigenvalue weighted by atomic mass is 9.91. The Morgan fingerprint density at radius 3 is 2.59 bits per heavy atom. The number of fused-ring (bicyclic) bond motifs is 1. The van der Waals surface area contributed by atoms with E-state index in [0.29, 0.717) is 46.1 Å². The molecule has 2 heterocycles. The Morgan fingerprint density at radius 2 is 1.95 bits per heavy atom. The average molecular weight is 561 g/mol. The standard InChI is InChI=1S/C32H34F2N4O3/c1-18-15-26(41-3)24(31(40)36-32(12-13-32)20-8-9-20)16-23(18)22-5-4-14-38-30(28(22)34)27(25(39)17-35-2)29(37-38)19-6-10-21(33)11-7-19/h4,6,10,14-16,20,35H,5,7-9,11-13,17H2,1-3H3,(H,36,40). The number of hydrogen-bond donors (Lipinski definition) is 2. The first-order valence-corrected chi connectivity index (χ1v) is 14.2. The van der Waals surface area contributed by atoms with Crippen molar-refractivity contribution in [3.63, 3.8) is 0 Å². The third-order valence-corrected chi connectivity index (χ3v) is 8.60. The van der Waals surface area contributed by atoms with Gasteiger partial charge in [0.05, 0.1) is 24.8 Å². The molecule has 1 amide bonds. The fraction of sp³-hybridized carbons (Fsp3) is 0.406. The van der Waals surface area contributed by atoms with Crippen LogP contribution in [0.25, 0.3) is 23.2 Å². The highest BCUT2D eigenvalue weighted by molar-refractivity contribution is 6.07. The molecule has 2 saturated carbocycles. The first-order valence-electron chi connectivity index (χ1n) is 14.2. The van der Waals surface area contributed by atoms with Crippen LogP contribution in [0.5, 0.6) is 5.75 Å². The number of nitrogens with zero attached hydrogens (tertiary/aromatic N) is 2. The van der Waals surface area contributed by atoms with E-state index in [1.807, 2.05) is 6.92 Å². The van der Waals surface area contributed by atoms with Crippen LogP contribution in [0.2, 0.25) is 0 Å². The van der Waals surface area contributed by atoms with E-state index in [4.69, 9.17) is 4.74 Å². The van der Waals surface area contributed by atoms with Crippen molar-refractivity contribution in [2.45, 2.75) is 57.4 Å². The lowest BCUT2D eigenvalue weighted by Gasteiger charge is -2.20. The molecule has 1 aliphatic heterocycles. The molecule has 0 atom stereocenters. The van der Waals surface area contributed by atoms with Gasteiger partial charge in [-0.1, -0.05) is 12.2 Å². The molecule has 0 bridgehead atoms. The minimum Gasteiger partial charge on any atom is -0.496 e. The van der Waals surface area contributed by atoms with Crippen molar-refractivity contribution in [1.82, 2.24) is 20.4 Å². The minimum absolute atomic E-state index is 0.00979. The van der Waals surface area contributed by atoms with Crippen LogP contribution in [0.1, 0.15) is 88.2 Å². The van der Waals surface area contributed by atoms with E-state index < -0.39 is 5.83 Å². The largest absolute Gasteiger partial charge is 0.496 e. The molecule has 7 nitrogen and oxygen atoms in total. The Kier molecular flexibility index (Phi) is 7.01. The van der Waals surface area contributed by atoms with Crippen LogP contribution in [-0.2, 0) is 0 Å². The number of aromatic nitrogens is 2. The summed E-state index contributed by atoms with van der Waals surface area (Å²) < 4.78 is 37.5. The molecule has 9 heteroatoms. The van der Waals surface area contributed by atoms with Crippen molar-refractivity contribution in [3.8, 4) is 5.75 Å². The van der Waals surface area contributed by atoms with Crippen molar-refractivity contribution in [3.05, 3.63) is 69.8 Å². The fourth-order valence-corrected chi connectivity index (χ4v) is 6.08. The quantitative estimate of drug-likeness (QED) is 0.367. The maximum absolute atomic E-state index is 16.8. The number of ketones is 1. The molecule has 1 aromatic carbocycles. The number of likely N-dealkylation sites (N-methyl/N-ethyl adjacent to an activating group) is 1. The third-order valence-electron chi connectivity index (χ3n) is 8.60. The van der Waals surface area contributed by atoms with Gasteiger partial charge in [-0.2, -0.15) is 5.10 Å². The SMILES string of the molecule is CNCC(=O)c1c(C2=CC=C(F)CC2)nn2c1C(F)=C(c1cc(C(=O)NC3(C4CC4)CC3)c(OC)cc1C)CC=C2. The highest BCUT2D eigenvalue weighted by Gasteiger charge is 2.55. The van der Waals surface area contributed by atoms with Gasteiger partial charge in [0.2, 0.25) is 0 Å². The second-order valence-electron chi connectivity index (χ2n) is 11.4. The van der Waals surface area contributed by atoms with Crippen LogP contribution in [0.15, 0.2) is 36.2 Å². The summed E-state index contributed by atoms with van der Waals surface area (Å²) in [4.78, 5) is 26.9. The van der Waals surface area contributed by atoms with Crippen molar-refractivity contribution in [1.29, 1.82) is 0 Å². The Hall–Kier alpha value is -3.85. The predicted molar refractivity (Wildman–Crippen MR) is 155 cm³/mol. The summed E-state index contributed by atoms with van der Waals surface area (Å²) in [7, 11) is 3.17. The van der Waals surface area contributed by atoms with Gasteiger partial charge in [-0.3, -0.25) is 9.59 Å². The summed E-state index contributed by atoms with van der Waals surface area (Å²) in [6.45, 7) is 1.84. The van der Waals surface area contributed by atoms with E-state index in [1.54, 1.807) is 37.5 Å². The monoisotopic (exact) mass is 560 g/mol. The van der Waals surface area contributed by atoms with Gasteiger partial charge >= 0.3 is 0 Å². The molecule has 3 aliphatic carbocycles. The molecular formula is C32H34F2N4O3. The number of ether oxygens (including phenoxy) is 1. The van der Waals surface area contributed by atoms with Crippen molar-refractivity contribution >= 4 is 34.9 Å². The van der Waals surface area contributed by atoms with Crippen LogP contribution < -0.4 is 15.4 Å². The average Bonchev–Trinajstić information content (AvgIpc) is 3.88. The zero-order chi connectivity index (χ0) is 28.9. The molecule has 0 radical (unpaired) electrons. The smallest absolute Gasteiger partial charge is 0.255 e. The number of halogens is 2. The molecule has 4 aliphatic rings. The summed E-state index contributed by atoms with van der Waals surface area (Å²) in [6, 6.07) is 3.47. The molecule has 1 aromatic heterocycles. The molecule has 0 saturated heterocycles. The summed E-state index contributed by atoms with van der Waals surface area (Å²) >= 11 is 0. The first kappa shape index (κ1) is 27.3. The maximum Gasteiger partial charge on any atom is 0.255 e. The van der Waals surface area contributed by atoms with E-state index in [0.717, 1.165) is 31.2 Å². The van der Waals surface area contributed by atoms with Crippen LogP contribution in [0.3, 0.4) is 0 Å². The van der Waals surface area contributed by atoms with Gasteiger partial charge in [-0.05, 0) is 93.3 Å². The number of Topliss-reactive ketones (excluding diaryl/α,β-unsaturated/α-hetero) is 1. The topological polar surface area (TPSA) is 85.2 Å². The molecule has 2 N–H and O–H groups in total. The maximum atomic E-state index is 16.8. The summed E-state index contributed by atoms with van der Waals surface area (Å²) in [5.41, 5.74) is 3.15. The lowest BCUT2D eigenvalue weighted by Crippen LogP contribution is -2.38. The number of nitrogens with one attached hydrogen (secondary N) is 2. The van der Waals surface area contributed by atoms with Crippen LogP contribution in [-0.4, -0.2) is 47.7 Å². The summed E-state index contributed by atoms with van der Waals surface area (Å²) in [6.07, 6.45) is 11.4. The molecule has 2 fully saturated rings. The van der Waals surface area contributed by atoms with Gasteiger partial charge in [0.25, 0.3) is 5.91 Å². The second kappa shape index (κ2) is 10.5. The minimum atomic E-state index is -0.581. The number of rotatable bonds is 9. The van der Waals surface area contributed by atoms with Crippen molar-refractivity contribution in [2.75, 3.05) is 20.7 Å². The molecular weight excluding hydrogens is 526 g/mol. The first-order chi connectivity index (χ1) is 19.8. The van der Waals surface area contributed by atoms with Crippen molar-refractivity contribution < 1.29 is 23.1 Å². The molecule has 214 valence electrons. The van der Waals surface area contributed by atoms with Crippen molar-refractivity contribution in [2.24, 2.45) is 5.92 Å². The van der Waals surface area contributed by atoms with E-state index in [2.05, 4.69) is 15.7 Å². The number of allylic oxidation sites excluding steroid dienone is 6.